The summed E-state index contributed by atoms with van der Waals surface area (Å²) in [6, 6.07) is 0. The van der Waals surface area contributed by atoms with E-state index in [1.165, 1.54) is 6.20 Å². The maximum atomic E-state index is 10.5. The van der Waals surface area contributed by atoms with Crippen LogP contribution in [-0.4, -0.2) is 26.1 Å². The van der Waals surface area contributed by atoms with E-state index in [0.29, 0.717) is 5.92 Å². The van der Waals surface area contributed by atoms with Crippen LogP contribution < -0.4 is 0 Å². The van der Waals surface area contributed by atoms with Crippen LogP contribution in [0.2, 0.25) is 0 Å². The smallest absolute Gasteiger partial charge is 0.358 e. The minimum absolute atomic E-state index is 0.00884. The summed E-state index contributed by atoms with van der Waals surface area (Å²) in [7, 11) is 0. The van der Waals surface area contributed by atoms with Gasteiger partial charge in [-0.15, -0.1) is 5.10 Å². The molecule has 0 atom stereocenters. The molecule has 0 bridgehead atoms. The van der Waals surface area contributed by atoms with Gasteiger partial charge in [0.15, 0.2) is 5.69 Å². The summed E-state index contributed by atoms with van der Waals surface area (Å²) in [5, 5.41) is 15.8. The van der Waals surface area contributed by atoms with Gasteiger partial charge >= 0.3 is 5.97 Å². The molecule has 0 aliphatic carbocycles. The van der Waals surface area contributed by atoms with E-state index in [0.717, 1.165) is 19.4 Å². The fourth-order valence-corrected chi connectivity index (χ4v) is 1.17. The first kappa shape index (κ1) is 10.7. The van der Waals surface area contributed by atoms with Gasteiger partial charge in [-0.3, -0.25) is 4.68 Å². The van der Waals surface area contributed by atoms with Crippen molar-refractivity contribution in [3.8, 4) is 0 Å². The van der Waals surface area contributed by atoms with E-state index in [2.05, 4.69) is 24.2 Å². The van der Waals surface area contributed by atoms with Crippen molar-refractivity contribution >= 4 is 5.97 Å². The summed E-state index contributed by atoms with van der Waals surface area (Å²) >= 11 is 0. The van der Waals surface area contributed by atoms with Crippen LogP contribution in [0, 0.1) is 5.92 Å². The number of carboxylic acid groups (broad SMARTS) is 1. The van der Waals surface area contributed by atoms with Crippen LogP contribution >= 0.6 is 0 Å². The monoisotopic (exact) mass is 197 g/mol. The third-order valence-corrected chi connectivity index (χ3v) is 1.93. The molecule has 0 aromatic carbocycles. The Hall–Kier alpha value is -1.39. The van der Waals surface area contributed by atoms with Crippen LogP contribution in [0.3, 0.4) is 0 Å². The van der Waals surface area contributed by atoms with Crippen LogP contribution in [0.4, 0.5) is 0 Å². The van der Waals surface area contributed by atoms with Crippen molar-refractivity contribution in [3.63, 3.8) is 0 Å². The lowest BCUT2D eigenvalue weighted by atomic mass is 10.1. The van der Waals surface area contributed by atoms with Gasteiger partial charge < -0.3 is 5.11 Å². The van der Waals surface area contributed by atoms with Gasteiger partial charge in [0.2, 0.25) is 0 Å². The quantitative estimate of drug-likeness (QED) is 0.775. The number of nitrogens with zero attached hydrogens (tertiary/aromatic N) is 3. The summed E-state index contributed by atoms with van der Waals surface area (Å²) in [6.07, 6.45) is 3.57. The molecule has 0 saturated heterocycles. The number of aryl methyl sites for hydroxylation is 1. The van der Waals surface area contributed by atoms with E-state index in [1.807, 2.05) is 0 Å². The largest absolute Gasteiger partial charge is 0.476 e. The van der Waals surface area contributed by atoms with Gasteiger partial charge in [0.1, 0.15) is 0 Å². The van der Waals surface area contributed by atoms with E-state index >= 15 is 0 Å². The molecule has 5 nitrogen and oxygen atoms in total. The maximum absolute atomic E-state index is 10.5. The second-order valence-corrected chi connectivity index (χ2v) is 3.71. The van der Waals surface area contributed by atoms with Gasteiger partial charge in [-0.25, -0.2) is 4.79 Å². The first-order chi connectivity index (χ1) is 6.59. The number of hydrogen-bond donors (Lipinski definition) is 1. The highest BCUT2D eigenvalue weighted by atomic mass is 16.4. The van der Waals surface area contributed by atoms with Gasteiger partial charge in [0, 0.05) is 6.54 Å². The van der Waals surface area contributed by atoms with E-state index in [9.17, 15) is 4.79 Å². The molecule has 1 rings (SSSR count). The Bertz CT molecular complexity index is 307. The normalized spacial score (nSPS) is 10.8. The zero-order valence-corrected chi connectivity index (χ0v) is 8.47. The Labute approximate surface area is 82.7 Å². The predicted molar refractivity (Wildman–Crippen MR) is 51.1 cm³/mol. The number of carbonyl (C=O) groups is 1. The topological polar surface area (TPSA) is 68.0 Å². The minimum atomic E-state index is -1.03. The summed E-state index contributed by atoms with van der Waals surface area (Å²) < 4.78 is 1.58. The molecule has 0 aliphatic heterocycles. The zero-order chi connectivity index (χ0) is 10.6. The molecule has 78 valence electrons. The third kappa shape index (κ3) is 3.16. The zero-order valence-electron chi connectivity index (χ0n) is 8.47. The van der Waals surface area contributed by atoms with Crippen molar-refractivity contribution < 1.29 is 9.90 Å². The molecule has 0 saturated carbocycles. The SMILES string of the molecule is CC(C)CCCn1cc(C(=O)O)nn1. The maximum Gasteiger partial charge on any atom is 0.358 e. The molecule has 5 heteroatoms. The molecule has 14 heavy (non-hydrogen) atoms. The van der Waals surface area contributed by atoms with Crippen molar-refractivity contribution in [2.45, 2.75) is 33.2 Å². The molecule has 1 heterocycles. The molecule has 0 aliphatic rings. The summed E-state index contributed by atoms with van der Waals surface area (Å²) in [4.78, 5) is 10.5. The molecular formula is C9H15N3O2. The second-order valence-electron chi connectivity index (χ2n) is 3.71. The number of hydrogen-bond acceptors (Lipinski definition) is 3. The lowest BCUT2D eigenvalue weighted by molar-refractivity contribution is 0.0690. The van der Waals surface area contributed by atoms with Crippen LogP contribution in [0.1, 0.15) is 37.2 Å². The first-order valence-corrected chi connectivity index (χ1v) is 4.73. The molecule has 1 N–H and O–H groups in total. The Morgan fingerprint density at radius 2 is 2.36 bits per heavy atom. The van der Waals surface area contributed by atoms with Gasteiger partial charge in [-0.1, -0.05) is 19.1 Å². The van der Waals surface area contributed by atoms with Crippen LogP contribution in [0.25, 0.3) is 0 Å². The van der Waals surface area contributed by atoms with E-state index in [1.54, 1.807) is 4.68 Å². The first-order valence-electron chi connectivity index (χ1n) is 4.73. The summed E-state index contributed by atoms with van der Waals surface area (Å²) in [5.74, 6) is -0.363. The Balaban J connectivity index is 2.40. The third-order valence-electron chi connectivity index (χ3n) is 1.93. The minimum Gasteiger partial charge on any atom is -0.476 e. The molecular weight excluding hydrogens is 182 g/mol. The number of aromatic nitrogens is 3. The fourth-order valence-electron chi connectivity index (χ4n) is 1.17. The van der Waals surface area contributed by atoms with E-state index in [-0.39, 0.29) is 5.69 Å². The van der Waals surface area contributed by atoms with Gasteiger partial charge in [-0.2, -0.15) is 0 Å². The van der Waals surface area contributed by atoms with E-state index in [4.69, 9.17) is 5.11 Å². The average molecular weight is 197 g/mol. The Morgan fingerprint density at radius 1 is 1.64 bits per heavy atom. The highest BCUT2D eigenvalue weighted by Crippen LogP contribution is 2.04. The van der Waals surface area contributed by atoms with Crippen molar-refractivity contribution in [1.29, 1.82) is 0 Å². The molecule has 0 unspecified atom stereocenters. The van der Waals surface area contributed by atoms with Gasteiger partial charge in [0.05, 0.1) is 6.20 Å². The molecule has 0 amide bonds. The molecule has 0 spiro atoms. The highest BCUT2D eigenvalue weighted by Gasteiger charge is 2.07. The second kappa shape index (κ2) is 4.74. The lowest BCUT2D eigenvalue weighted by Crippen LogP contribution is -2.00. The van der Waals surface area contributed by atoms with Gasteiger partial charge in [0.25, 0.3) is 0 Å². The van der Waals surface area contributed by atoms with E-state index < -0.39 is 5.97 Å². The van der Waals surface area contributed by atoms with Crippen LogP contribution in [0.15, 0.2) is 6.20 Å². The number of carboxylic acids is 1. The highest BCUT2D eigenvalue weighted by molar-refractivity contribution is 5.84. The van der Waals surface area contributed by atoms with Crippen LogP contribution in [0.5, 0.6) is 0 Å². The molecule has 0 fully saturated rings. The van der Waals surface area contributed by atoms with Crippen molar-refractivity contribution in [2.24, 2.45) is 5.92 Å². The predicted octanol–water partition coefficient (Wildman–Crippen LogP) is 1.41. The van der Waals surface area contributed by atoms with Crippen molar-refractivity contribution in [3.05, 3.63) is 11.9 Å². The Morgan fingerprint density at radius 3 is 2.86 bits per heavy atom. The fraction of sp³-hybridized carbons (Fsp3) is 0.667. The number of rotatable bonds is 5. The van der Waals surface area contributed by atoms with Crippen molar-refractivity contribution in [1.82, 2.24) is 15.0 Å². The summed E-state index contributed by atoms with van der Waals surface area (Å²) in [6.45, 7) is 5.05. The number of aromatic carboxylic acids is 1. The molecule has 1 aromatic heterocycles. The summed E-state index contributed by atoms with van der Waals surface area (Å²) in [5.41, 5.74) is 0.00884. The lowest BCUT2D eigenvalue weighted by Gasteiger charge is -2.02. The average Bonchev–Trinajstić information content (AvgIpc) is 2.52. The van der Waals surface area contributed by atoms with Crippen molar-refractivity contribution in [2.75, 3.05) is 0 Å². The van der Waals surface area contributed by atoms with Crippen LogP contribution in [-0.2, 0) is 6.54 Å². The molecule has 1 aromatic rings. The molecule has 0 radical (unpaired) electrons. The standard InChI is InChI=1S/C9H15N3O2/c1-7(2)4-3-5-12-6-8(9(13)14)10-11-12/h6-7H,3-5H2,1-2H3,(H,13,14). The Kier molecular flexibility index (Phi) is 3.62. The van der Waals surface area contributed by atoms with Gasteiger partial charge in [-0.05, 0) is 18.8 Å².